The Hall–Kier alpha value is -4.68. The molecule has 0 unspecified atom stereocenters. The smallest absolute Gasteiger partial charge is 0.132 e. The van der Waals surface area contributed by atoms with Crippen molar-refractivity contribution < 1.29 is 9.59 Å². The predicted octanol–water partition coefficient (Wildman–Crippen LogP) is 25.5. The lowest BCUT2D eigenvalue weighted by Crippen LogP contribution is -2.15. The number of aryl methyl sites for hydroxylation is 1. The van der Waals surface area contributed by atoms with Crippen LogP contribution in [0, 0.1) is 11.8 Å². The number of anilines is 2. The first-order chi connectivity index (χ1) is 37.1. The molecule has 0 atom stereocenters. The Bertz CT molecular complexity index is 1580. The minimum absolute atomic E-state index is 0.377. The van der Waals surface area contributed by atoms with Gasteiger partial charge in [-0.25, -0.2) is 0 Å². The van der Waals surface area contributed by atoms with E-state index in [1.807, 2.05) is 52.0 Å². The lowest BCUT2D eigenvalue weighted by Gasteiger charge is -2.23. The van der Waals surface area contributed by atoms with E-state index in [0.29, 0.717) is 30.3 Å². The quantitative estimate of drug-likeness (QED) is 0.0933. The van der Waals surface area contributed by atoms with Gasteiger partial charge in [0.05, 0.1) is 0 Å². The zero-order valence-corrected chi connectivity index (χ0v) is 56.0. The highest BCUT2D eigenvalue weighted by Gasteiger charge is 2.04. The molecule has 0 heterocycles. The van der Waals surface area contributed by atoms with E-state index in [4.69, 9.17) is 0 Å². The Morgan fingerprint density at radius 3 is 0.948 bits per heavy atom. The van der Waals surface area contributed by atoms with Gasteiger partial charge in [0.1, 0.15) is 11.6 Å². The highest BCUT2D eigenvalue weighted by Crippen LogP contribution is 2.24. The molecule has 0 aliphatic carbocycles. The number of allylic oxidation sites excluding steroid dienone is 2. The summed E-state index contributed by atoms with van der Waals surface area (Å²) < 4.78 is 0. The Kier molecular flexibility index (Phi) is 108. The van der Waals surface area contributed by atoms with Gasteiger partial charge in [0.2, 0.25) is 0 Å². The second-order valence-corrected chi connectivity index (χ2v) is 18.0. The molecule has 0 radical (unpaired) electrons. The van der Waals surface area contributed by atoms with Crippen LogP contribution in [-0.2, 0) is 16.0 Å². The molecule has 0 amide bonds. The fraction of sp³-hybridized carbons (Fsp3) is 0.595. The van der Waals surface area contributed by atoms with E-state index in [1.165, 1.54) is 67.4 Å². The third kappa shape index (κ3) is 94.2. The SMILES string of the molecule is CC(C)c1ccccc1.CC=CCC.CCC.CCC.CCC.CCC.CCC.CCC#CCC.CCCC.CCCC(=O)CC.CCCCC(=O)CC.CCN(c1ccccc1)c1ccccc1.CCc1ccccc1. The number of rotatable bonds is 14. The minimum Gasteiger partial charge on any atom is -0.342 e. The number of carbonyl (C=O) groups is 2. The highest BCUT2D eigenvalue weighted by atomic mass is 16.1. The van der Waals surface area contributed by atoms with Crippen molar-refractivity contribution in [2.75, 3.05) is 11.4 Å². The molecule has 0 saturated heterocycles. The predicted molar refractivity (Wildman–Crippen MR) is 361 cm³/mol. The molecule has 0 aliphatic rings. The number of ketones is 2. The number of nitrogens with zero attached hydrogens (tertiary/aromatic N) is 1. The summed E-state index contributed by atoms with van der Waals surface area (Å²) in [5.74, 6) is 7.33. The minimum atomic E-state index is 0.377. The van der Waals surface area contributed by atoms with Gasteiger partial charge in [0, 0.05) is 56.4 Å². The summed E-state index contributed by atoms with van der Waals surface area (Å²) in [4.78, 5) is 23.3. The molecule has 4 aromatic rings. The second-order valence-electron chi connectivity index (χ2n) is 18.0. The molecule has 4 aromatic carbocycles. The Balaban J connectivity index is -0.0000000967. The molecular weight excluding hydrogens is 935 g/mol. The van der Waals surface area contributed by atoms with E-state index >= 15 is 0 Å². The van der Waals surface area contributed by atoms with Gasteiger partial charge in [-0.1, -0.05) is 313 Å². The molecule has 4 rings (SSSR count). The van der Waals surface area contributed by atoms with Crippen molar-refractivity contribution in [2.45, 2.75) is 288 Å². The van der Waals surface area contributed by atoms with E-state index in [9.17, 15) is 9.59 Å². The van der Waals surface area contributed by atoms with Crippen molar-refractivity contribution in [3.05, 3.63) is 145 Å². The zero-order valence-electron chi connectivity index (χ0n) is 56.0. The average Bonchev–Trinajstić information content (AvgIpc) is 3.45. The van der Waals surface area contributed by atoms with Crippen LogP contribution in [0.2, 0.25) is 0 Å². The van der Waals surface area contributed by atoms with Crippen LogP contribution < -0.4 is 4.90 Å². The lowest BCUT2D eigenvalue weighted by atomic mass is 10.0. The van der Waals surface area contributed by atoms with E-state index in [0.717, 1.165) is 64.3 Å². The first-order valence-corrected chi connectivity index (χ1v) is 31.2. The first-order valence-electron chi connectivity index (χ1n) is 31.2. The summed E-state index contributed by atoms with van der Waals surface area (Å²) in [6.45, 7) is 51.5. The first kappa shape index (κ1) is 91.7. The van der Waals surface area contributed by atoms with Crippen molar-refractivity contribution >= 4 is 22.9 Å². The van der Waals surface area contributed by atoms with Gasteiger partial charge in [0.25, 0.3) is 0 Å². The molecule has 3 nitrogen and oxygen atoms in total. The maximum atomic E-state index is 10.6. The van der Waals surface area contributed by atoms with Gasteiger partial charge in [-0.15, -0.1) is 11.8 Å². The summed E-state index contributed by atoms with van der Waals surface area (Å²) in [6, 6.07) is 41.9. The van der Waals surface area contributed by atoms with Crippen LogP contribution in [0.25, 0.3) is 0 Å². The number of benzene rings is 4. The zero-order chi connectivity index (χ0) is 61.0. The van der Waals surface area contributed by atoms with Crippen LogP contribution in [0.3, 0.4) is 0 Å². The number of hydrogen-bond acceptors (Lipinski definition) is 3. The van der Waals surface area contributed by atoms with Crippen LogP contribution in [0.4, 0.5) is 11.4 Å². The largest absolute Gasteiger partial charge is 0.342 e. The molecule has 0 spiro atoms. The maximum Gasteiger partial charge on any atom is 0.132 e. The van der Waals surface area contributed by atoms with Crippen LogP contribution in [0.5, 0.6) is 0 Å². The normalized spacial score (nSPS) is 8.53. The van der Waals surface area contributed by atoms with Crippen LogP contribution in [0.15, 0.2) is 133 Å². The summed E-state index contributed by atoms with van der Waals surface area (Å²) >= 11 is 0. The van der Waals surface area contributed by atoms with Crippen LogP contribution >= 0.6 is 0 Å². The molecule has 0 fully saturated rings. The van der Waals surface area contributed by atoms with Gasteiger partial charge in [-0.2, -0.15) is 0 Å². The van der Waals surface area contributed by atoms with Crippen molar-refractivity contribution in [1.82, 2.24) is 0 Å². The van der Waals surface area contributed by atoms with Gasteiger partial charge >= 0.3 is 0 Å². The summed E-state index contributed by atoms with van der Waals surface area (Å²) in [7, 11) is 0. The molecule has 0 aromatic heterocycles. The number of para-hydroxylation sites is 2. The van der Waals surface area contributed by atoms with Gasteiger partial charge in [-0.3, -0.25) is 9.59 Å². The standard InChI is InChI=1S/C14H15N.C9H12.C8H10.C7H14O.C6H12O.C6H10.C5H10.C4H10.5C3H8/c1-2-15(13-9-5-3-6-10-13)14-11-7-4-8-12-14;1-8(2)9-6-4-3-5-7-9;1-2-8-6-4-3-5-7-8;1-3-5-6-7(8)4-2;1-3-5-6(7)4-2;1-3-5-6-4-2;1-3-5-4-2;1-3-4-2;5*1-3-2/h3-12H,2H2,1H3;3-8H,1-2H3;3-7H,2H2,1H3;3-6H2,1-2H3;3-5H2,1-2H3;3-4H2,1-2H3;3,5H,4H2,1-2H3;3-4H2,1-2H3;5*3H2,1-2H3. The van der Waals surface area contributed by atoms with E-state index < -0.39 is 0 Å². The topological polar surface area (TPSA) is 37.4 Å². The molecule has 0 saturated carbocycles. The highest BCUT2D eigenvalue weighted by molar-refractivity contribution is 5.78. The third-order valence-electron chi connectivity index (χ3n) is 8.75. The fourth-order valence-electron chi connectivity index (χ4n) is 4.77. The second kappa shape index (κ2) is 90.8. The summed E-state index contributed by atoms with van der Waals surface area (Å²) in [6.07, 6.45) is 23.5. The summed E-state index contributed by atoms with van der Waals surface area (Å²) in [5, 5.41) is 0. The molecule has 0 N–H and O–H groups in total. The number of hydrogen-bond donors (Lipinski definition) is 0. The van der Waals surface area contributed by atoms with Crippen LogP contribution in [0.1, 0.15) is 292 Å². The van der Waals surface area contributed by atoms with E-state index in [1.54, 1.807) is 0 Å². The Labute approximate surface area is 485 Å². The van der Waals surface area contributed by atoms with Crippen LogP contribution in [-0.4, -0.2) is 18.1 Å². The number of unbranched alkanes of at least 4 members (excludes halogenated alkanes) is 2. The van der Waals surface area contributed by atoms with Gasteiger partial charge in [-0.05, 0) is 80.8 Å². The molecule has 77 heavy (non-hydrogen) atoms. The molecule has 0 bridgehead atoms. The van der Waals surface area contributed by atoms with Crippen molar-refractivity contribution in [3.8, 4) is 11.8 Å². The lowest BCUT2D eigenvalue weighted by molar-refractivity contribution is -0.119. The molecular formula is C74H133NO2. The molecule has 3 heteroatoms. The van der Waals surface area contributed by atoms with E-state index in [2.05, 4.69) is 264 Å². The average molecular weight is 1070 g/mol. The Morgan fingerprint density at radius 1 is 0.442 bits per heavy atom. The number of carbonyl (C=O) groups excluding carboxylic acids is 2. The van der Waals surface area contributed by atoms with Crippen molar-refractivity contribution in [1.29, 1.82) is 0 Å². The van der Waals surface area contributed by atoms with Crippen molar-refractivity contribution in [2.24, 2.45) is 0 Å². The third-order valence-corrected chi connectivity index (χ3v) is 8.75. The summed E-state index contributed by atoms with van der Waals surface area (Å²) in [5.41, 5.74) is 5.31. The molecule has 446 valence electrons. The number of Topliss-reactive ketones (excluding diaryl/α,β-unsaturated/α-hetero) is 2. The van der Waals surface area contributed by atoms with Gasteiger partial charge in [0.15, 0.2) is 0 Å². The monoisotopic (exact) mass is 1070 g/mol. The van der Waals surface area contributed by atoms with Gasteiger partial charge < -0.3 is 4.90 Å². The fourth-order valence-corrected chi connectivity index (χ4v) is 4.77. The maximum absolute atomic E-state index is 10.6. The Morgan fingerprint density at radius 2 is 0.766 bits per heavy atom. The van der Waals surface area contributed by atoms with E-state index in [-0.39, 0.29) is 0 Å². The van der Waals surface area contributed by atoms with Crippen molar-refractivity contribution in [3.63, 3.8) is 0 Å². The molecule has 0 aliphatic heterocycles.